The molecule has 1 N–H and O–H groups in total. The van der Waals surface area contributed by atoms with Gasteiger partial charge in [0.1, 0.15) is 6.26 Å². The molecule has 0 spiro atoms. The molecule has 0 radical (unpaired) electrons. The maximum Gasteiger partial charge on any atom is 0.194 e. The summed E-state index contributed by atoms with van der Waals surface area (Å²) in [5.41, 5.74) is 2.20. The Morgan fingerprint density at radius 3 is 2.54 bits per heavy atom. The number of benzene rings is 1. The fourth-order valence-electron chi connectivity index (χ4n) is 2.85. The first-order valence-electron chi connectivity index (χ1n) is 8.64. The first-order valence-corrected chi connectivity index (χ1v) is 9.43. The molecule has 0 saturated carbocycles. The third-order valence-electron chi connectivity index (χ3n) is 4.21. The van der Waals surface area contributed by atoms with E-state index in [0.717, 1.165) is 55.4 Å². The zero-order valence-electron chi connectivity index (χ0n) is 14.9. The van der Waals surface area contributed by atoms with Crippen LogP contribution in [0.25, 0.3) is 0 Å². The lowest BCUT2D eigenvalue weighted by molar-refractivity contribution is 0.169. The van der Waals surface area contributed by atoms with E-state index in [1.807, 2.05) is 6.07 Å². The lowest BCUT2D eigenvalue weighted by atomic mass is 10.2. The van der Waals surface area contributed by atoms with E-state index in [1.54, 1.807) is 6.26 Å². The van der Waals surface area contributed by atoms with E-state index in [9.17, 15) is 0 Å². The summed E-state index contributed by atoms with van der Waals surface area (Å²) in [5.74, 6) is 0.992. The Balaban J connectivity index is 0.00000243. The molecule has 1 aliphatic heterocycles. The second-order valence-corrected chi connectivity index (χ2v) is 6.97. The number of nitrogens with zero attached hydrogens (tertiary/aromatic N) is 4. The molecule has 1 saturated heterocycles. The van der Waals surface area contributed by atoms with Crippen LogP contribution in [0.2, 0.25) is 0 Å². The van der Waals surface area contributed by atoms with Crippen molar-refractivity contribution < 1.29 is 4.52 Å². The van der Waals surface area contributed by atoms with Crippen LogP contribution in [0.15, 0.2) is 50.6 Å². The summed E-state index contributed by atoms with van der Waals surface area (Å²) in [6.07, 6.45) is 1.63. The summed E-state index contributed by atoms with van der Waals surface area (Å²) in [6.45, 7) is 8.43. The van der Waals surface area contributed by atoms with Crippen molar-refractivity contribution in [3.05, 3.63) is 52.3 Å². The standard InChI is InChI=1S/C18H24BrN5O.HI/c1-2-20-18(21-13-15-3-5-16(19)6-4-15)24-10-8-23(9-11-24)14-17-7-12-25-22-17;/h3-7,12H,2,8-11,13-14H2,1H3,(H,20,21);1H. The monoisotopic (exact) mass is 533 g/mol. The quantitative estimate of drug-likeness (QED) is 0.363. The van der Waals surface area contributed by atoms with Gasteiger partial charge >= 0.3 is 0 Å². The highest BCUT2D eigenvalue weighted by Crippen LogP contribution is 2.12. The van der Waals surface area contributed by atoms with Crippen molar-refractivity contribution in [3.63, 3.8) is 0 Å². The Kier molecular flexibility index (Phi) is 8.86. The van der Waals surface area contributed by atoms with Gasteiger partial charge in [0, 0.05) is 49.8 Å². The molecule has 26 heavy (non-hydrogen) atoms. The van der Waals surface area contributed by atoms with Crippen molar-refractivity contribution in [1.29, 1.82) is 0 Å². The number of nitrogens with one attached hydrogen (secondary N) is 1. The molecule has 1 aromatic heterocycles. The van der Waals surface area contributed by atoms with Crippen LogP contribution in [-0.2, 0) is 13.1 Å². The second kappa shape index (κ2) is 10.9. The molecule has 0 aliphatic carbocycles. The predicted octanol–water partition coefficient (Wildman–Crippen LogP) is 3.34. The molecular formula is C18H25BrIN5O. The van der Waals surface area contributed by atoms with Crippen molar-refractivity contribution >= 4 is 45.9 Å². The third kappa shape index (κ3) is 6.24. The number of rotatable bonds is 5. The highest BCUT2D eigenvalue weighted by Gasteiger charge is 2.20. The molecule has 1 fully saturated rings. The summed E-state index contributed by atoms with van der Waals surface area (Å²) >= 11 is 3.47. The van der Waals surface area contributed by atoms with Crippen molar-refractivity contribution in [1.82, 2.24) is 20.3 Å². The van der Waals surface area contributed by atoms with Crippen LogP contribution in [0.4, 0.5) is 0 Å². The maximum absolute atomic E-state index is 4.91. The SMILES string of the molecule is CCNC(=NCc1ccc(Br)cc1)N1CCN(Cc2ccon2)CC1.I. The van der Waals surface area contributed by atoms with Gasteiger partial charge in [-0.25, -0.2) is 4.99 Å². The van der Waals surface area contributed by atoms with Gasteiger partial charge in [0.05, 0.1) is 12.2 Å². The summed E-state index contributed by atoms with van der Waals surface area (Å²) in [4.78, 5) is 9.54. The molecule has 2 aromatic rings. The highest BCUT2D eigenvalue weighted by atomic mass is 127. The molecule has 8 heteroatoms. The van der Waals surface area contributed by atoms with Crippen molar-refractivity contribution in [2.45, 2.75) is 20.0 Å². The highest BCUT2D eigenvalue weighted by molar-refractivity contribution is 14.0. The number of hydrogen-bond acceptors (Lipinski definition) is 4. The van der Waals surface area contributed by atoms with E-state index in [-0.39, 0.29) is 24.0 Å². The molecule has 6 nitrogen and oxygen atoms in total. The van der Waals surface area contributed by atoms with Crippen LogP contribution in [0, 0.1) is 0 Å². The zero-order valence-corrected chi connectivity index (χ0v) is 18.8. The Hall–Kier alpha value is -1.13. The van der Waals surface area contributed by atoms with Crippen LogP contribution in [-0.4, -0.2) is 53.6 Å². The average molecular weight is 534 g/mol. The molecule has 1 aliphatic rings. The van der Waals surface area contributed by atoms with E-state index >= 15 is 0 Å². The van der Waals surface area contributed by atoms with Crippen LogP contribution < -0.4 is 5.32 Å². The number of piperazine rings is 1. The molecule has 0 bridgehead atoms. The van der Waals surface area contributed by atoms with E-state index in [0.29, 0.717) is 6.54 Å². The van der Waals surface area contributed by atoms with Gasteiger partial charge in [-0.1, -0.05) is 33.2 Å². The van der Waals surface area contributed by atoms with Gasteiger partial charge in [-0.05, 0) is 24.6 Å². The Labute approximate surface area is 180 Å². The smallest absolute Gasteiger partial charge is 0.194 e. The van der Waals surface area contributed by atoms with Crippen LogP contribution >= 0.6 is 39.9 Å². The van der Waals surface area contributed by atoms with Gasteiger partial charge in [0.25, 0.3) is 0 Å². The van der Waals surface area contributed by atoms with Crippen molar-refractivity contribution in [2.75, 3.05) is 32.7 Å². The molecule has 3 rings (SSSR count). The van der Waals surface area contributed by atoms with Gasteiger partial charge < -0.3 is 14.7 Å². The van der Waals surface area contributed by atoms with Crippen molar-refractivity contribution in [3.8, 4) is 0 Å². The molecule has 142 valence electrons. The zero-order chi connectivity index (χ0) is 17.5. The molecule has 0 atom stereocenters. The first kappa shape index (κ1) is 21.2. The third-order valence-corrected chi connectivity index (χ3v) is 4.74. The molecule has 0 amide bonds. The topological polar surface area (TPSA) is 56.9 Å². The summed E-state index contributed by atoms with van der Waals surface area (Å²) in [6, 6.07) is 10.2. The first-order chi connectivity index (χ1) is 12.2. The van der Waals surface area contributed by atoms with Crippen LogP contribution in [0.3, 0.4) is 0 Å². The Morgan fingerprint density at radius 2 is 1.92 bits per heavy atom. The van der Waals surface area contributed by atoms with Gasteiger partial charge in [0.2, 0.25) is 0 Å². The minimum atomic E-state index is 0. The lowest BCUT2D eigenvalue weighted by Crippen LogP contribution is -2.52. The predicted molar refractivity (Wildman–Crippen MR) is 118 cm³/mol. The number of hydrogen-bond donors (Lipinski definition) is 1. The van der Waals surface area contributed by atoms with Gasteiger partial charge in [-0.2, -0.15) is 0 Å². The maximum atomic E-state index is 4.91. The number of aliphatic imine (C=N–C) groups is 1. The van der Waals surface area contributed by atoms with Crippen LogP contribution in [0.5, 0.6) is 0 Å². The molecular weight excluding hydrogens is 509 g/mol. The summed E-state index contributed by atoms with van der Waals surface area (Å²) in [5, 5.41) is 7.41. The summed E-state index contributed by atoms with van der Waals surface area (Å²) in [7, 11) is 0. The van der Waals surface area contributed by atoms with Gasteiger partial charge in [-0.3, -0.25) is 4.90 Å². The van der Waals surface area contributed by atoms with E-state index < -0.39 is 0 Å². The van der Waals surface area contributed by atoms with E-state index in [4.69, 9.17) is 9.52 Å². The average Bonchev–Trinajstić information content (AvgIpc) is 3.14. The number of aromatic nitrogens is 1. The van der Waals surface area contributed by atoms with Gasteiger partial charge in [-0.15, -0.1) is 24.0 Å². The largest absolute Gasteiger partial charge is 0.364 e. The second-order valence-electron chi connectivity index (χ2n) is 6.05. The normalized spacial score (nSPS) is 15.6. The molecule has 0 unspecified atom stereocenters. The minimum Gasteiger partial charge on any atom is -0.364 e. The van der Waals surface area contributed by atoms with E-state index in [1.165, 1.54) is 5.56 Å². The van der Waals surface area contributed by atoms with Crippen LogP contribution in [0.1, 0.15) is 18.2 Å². The molecule has 2 heterocycles. The van der Waals surface area contributed by atoms with Crippen molar-refractivity contribution in [2.24, 2.45) is 4.99 Å². The summed E-state index contributed by atoms with van der Waals surface area (Å²) < 4.78 is 6.00. The number of guanidine groups is 1. The number of halogens is 2. The minimum absolute atomic E-state index is 0. The van der Waals surface area contributed by atoms with Gasteiger partial charge in [0.15, 0.2) is 5.96 Å². The fraction of sp³-hybridized carbons (Fsp3) is 0.444. The Bertz CT molecular complexity index is 669. The fourth-order valence-corrected chi connectivity index (χ4v) is 3.11. The lowest BCUT2D eigenvalue weighted by Gasteiger charge is -2.36. The molecule has 1 aromatic carbocycles. The Morgan fingerprint density at radius 1 is 1.19 bits per heavy atom. The van der Waals surface area contributed by atoms with E-state index in [2.05, 4.69) is 67.4 Å².